The van der Waals surface area contributed by atoms with Gasteiger partial charge in [0.1, 0.15) is 5.71 Å². The van der Waals surface area contributed by atoms with E-state index in [-0.39, 0.29) is 5.71 Å². The van der Waals surface area contributed by atoms with E-state index >= 15 is 0 Å². The van der Waals surface area contributed by atoms with E-state index in [0.717, 1.165) is 16.5 Å². The van der Waals surface area contributed by atoms with Crippen molar-refractivity contribution in [1.82, 2.24) is 4.98 Å². The predicted octanol–water partition coefficient (Wildman–Crippen LogP) is 1.20. The van der Waals surface area contributed by atoms with Crippen LogP contribution in [0.1, 0.15) is 5.56 Å². The summed E-state index contributed by atoms with van der Waals surface area (Å²) >= 11 is 0. The molecule has 2 rings (SSSR count). The number of benzene rings is 1. The molecular weight excluding hydrogens is 218 g/mol. The molecule has 5 nitrogen and oxygen atoms in total. The number of ether oxygens (including phenoxy) is 1. The van der Waals surface area contributed by atoms with Gasteiger partial charge >= 0.3 is 5.97 Å². The molecule has 0 radical (unpaired) electrons. The van der Waals surface area contributed by atoms with Crippen LogP contribution >= 0.6 is 0 Å². The smallest absolute Gasteiger partial charge is 0.354 e. The summed E-state index contributed by atoms with van der Waals surface area (Å²) in [6, 6.07) is 7.83. The molecular formula is C12H13N3O2. The highest BCUT2D eigenvalue weighted by atomic mass is 16.5. The fourth-order valence-electron chi connectivity index (χ4n) is 1.75. The number of para-hydroxylation sites is 1. The topological polar surface area (TPSA) is 80.5 Å². The molecule has 0 amide bonds. The van der Waals surface area contributed by atoms with Crippen molar-refractivity contribution in [1.29, 1.82) is 0 Å². The minimum absolute atomic E-state index is 0.206. The lowest BCUT2D eigenvalue weighted by molar-refractivity contribution is -0.132. The number of methoxy groups -OCH3 is 1. The molecule has 88 valence electrons. The van der Waals surface area contributed by atoms with Crippen molar-refractivity contribution >= 4 is 22.6 Å². The predicted molar refractivity (Wildman–Crippen MR) is 65.6 cm³/mol. The van der Waals surface area contributed by atoms with Gasteiger partial charge < -0.3 is 15.6 Å². The number of aromatic nitrogens is 1. The standard InChI is InChI=1S/C12H13N3O2/c1-17-12(16)11(15-13)6-8-7-14-10-5-3-2-4-9(8)10/h2-5,7,14H,6,13H2,1H3/b15-11+. The molecule has 2 aromatic rings. The third-order valence-electron chi connectivity index (χ3n) is 2.61. The van der Waals surface area contributed by atoms with E-state index in [4.69, 9.17) is 5.84 Å². The number of fused-ring (bicyclic) bond motifs is 1. The van der Waals surface area contributed by atoms with Gasteiger partial charge in [0.15, 0.2) is 0 Å². The summed E-state index contributed by atoms with van der Waals surface area (Å²) in [7, 11) is 1.31. The van der Waals surface area contributed by atoms with Crippen LogP contribution in [0.2, 0.25) is 0 Å². The van der Waals surface area contributed by atoms with Crippen LogP contribution in [-0.4, -0.2) is 23.8 Å². The van der Waals surface area contributed by atoms with Gasteiger partial charge in [-0.25, -0.2) is 4.79 Å². The number of carbonyl (C=O) groups is 1. The lowest BCUT2D eigenvalue weighted by Gasteiger charge is -2.01. The fourth-order valence-corrected chi connectivity index (χ4v) is 1.75. The van der Waals surface area contributed by atoms with Crippen LogP contribution in [0.4, 0.5) is 0 Å². The number of carbonyl (C=O) groups excluding carboxylic acids is 1. The Morgan fingerprint density at radius 1 is 1.47 bits per heavy atom. The number of H-pyrrole nitrogens is 1. The Kier molecular flexibility index (Phi) is 3.09. The first-order valence-electron chi connectivity index (χ1n) is 5.16. The zero-order chi connectivity index (χ0) is 12.3. The molecule has 0 spiro atoms. The van der Waals surface area contributed by atoms with E-state index in [2.05, 4.69) is 14.8 Å². The summed E-state index contributed by atoms with van der Waals surface area (Å²) in [4.78, 5) is 14.5. The minimum Gasteiger partial charge on any atom is -0.464 e. The molecule has 1 heterocycles. The van der Waals surface area contributed by atoms with Crippen molar-refractivity contribution in [2.75, 3.05) is 7.11 Å². The molecule has 17 heavy (non-hydrogen) atoms. The van der Waals surface area contributed by atoms with Gasteiger partial charge in [-0.1, -0.05) is 18.2 Å². The van der Waals surface area contributed by atoms with Crippen molar-refractivity contribution in [3.05, 3.63) is 36.0 Å². The Bertz CT molecular complexity index is 572. The second kappa shape index (κ2) is 4.69. The molecule has 0 atom stereocenters. The van der Waals surface area contributed by atoms with Crippen molar-refractivity contribution in [2.24, 2.45) is 10.9 Å². The highest BCUT2D eigenvalue weighted by Gasteiger charge is 2.14. The molecule has 0 aliphatic carbocycles. The normalized spacial score (nSPS) is 11.7. The first-order chi connectivity index (χ1) is 8.26. The van der Waals surface area contributed by atoms with Crippen molar-refractivity contribution in [3.8, 4) is 0 Å². The molecule has 3 N–H and O–H groups in total. The number of nitrogens with zero attached hydrogens (tertiary/aromatic N) is 1. The largest absolute Gasteiger partial charge is 0.464 e. The molecule has 0 saturated heterocycles. The maximum atomic E-state index is 11.4. The molecule has 1 aromatic carbocycles. The Morgan fingerprint density at radius 3 is 2.94 bits per heavy atom. The molecule has 1 aromatic heterocycles. The van der Waals surface area contributed by atoms with Crippen LogP contribution in [-0.2, 0) is 16.0 Å². The van der Waals surface area contributed by atoms with E-state index in [1.54, 1.807) is 0 Å². The average Bonchev–Trinajstić information content (AvgIpc) is 2.78. The van der Waals surface area contributed by atoms with Crippen LogP contribution in [0.15, 0.2) is 35.6 Å². The molecule has 5 heteroatoms. The van der Waals surface area contributed by atoms with Crippen LogP contribution in [0, 0.1) is 0 Å². The van der Waals surface area contributed by atoms with E-state index in [9.17, 15) is 4.79 Å². The zero-order valence-corrected chi connectivity index (χ0v) is 9.43. The van der Waals surface area contributed by atoms with Gasteiger partial charge in [0.25, 0.3) is 0 Å². The van der Waals surface area contributed by atoms with Gasteiger partial charge in [-0.05, 0) is 11.6 Å². The Labute approximate surface area is 98.3 Å². The van der Waals surface area contributed by atoms with Gasteiger partial charge in [0.2, 0.25) is 0 Å². The number of aromatic amines is 1. The van der Waals surface area contributed by atoms with E-state index in [0.29, 0.717) is 6.42 Å². The first kappa shape index (κ1) is 11.2. The van der Waals surface area contributed by atoms with Gasteiger partial charge in [-0.3, -0.25) is 0 Å². The van der Waals surface area contributed by atoms with Crippen molar-refractivity contribution < 1.29 is 9.53 Å². The third-order valence-corrected chi connectivity index (χ3v) is 2.61. The number of nitrogens with two attached hydrogens (primary N) is 1. The number of hydrogen-bond donors (Lipinski definition) is 2. The zero-order valence-electron chi connectivity index (χ0n) is 9.43. The molecule has 0 aliphatic rings. The number of hydrazone groups is 1. The summed E-state index contributed by atoms with van der Waals surface area (Å²) in [5.41, 5.74) is 2.19. The lowest BCUT2D eigenvalue weighted by atomic mass is 10.1. The quantitative estimate of drug-likeness (QED) is 0.360. The van der Waals surface area contributed by atoms with E-state index < -0.39 is 5.97 Å². The summed E-state index contributed by atoms with van der Waals surface area (Å²) in [5, 5.41) is 4.52. The minimum atomic E-state index is -0.502. The van der Waals surface area contributed by atoms with Crippen LogP contribution in [0.3, 0.4) is 0 Å². The highest BCUT2D eigenvalue weighted by molar-refractivity contribution is 6.37. The number of esters is 1. The maximum absolute atomic E-state index is 11.4. The van der Waals surface area contributed by atoms with Gasteiger partial charge in [0.05, 0.1) is 7.11 Å². The van der Waals surface area contributed by atoms with E-state index in [1.165, 1.54) is 7.11 Å². The summed E-state index contributed by atoms with van der Waals surface area (Å²) in [6.07, 6.45) is 2.20. The van der Waals surface area contributed by atoms with Gasteiger partial charge in [0, 0.05) is 23.5 Å². The third kappa shape index (κ3) is 2.13. The van der Waals surface area contributed by atoms with Crippen LogP contribution in [0.5, 0.6) is 0 Å². The molecule has 0 bridgehead atoms. The summed E-state index contributed by atoms with van der Waals surface area (Å²) in [5.74, 6) is 4.68. The van der Waals surface area contributed by atoms with E-state index in [1.807, 2.05) is 30.5 Å². The average molecular weight is 231 g/mol. The second-order valence-electron chi connectivity index (χ2n) is 3.60. The monoisotopic (exact) mass is 231 g/mol. The second-order valence-corrected chi connectivity index (χ2v) is 3.60. The Morgan fingerprint density at radius 2 is 2.24 bits per heavy atom. The van der Waals surface area contributed by atoms with Gasteiger partial charge in [-0.2, -0.15) is 5.10 Å². The van der Waals surface area contributed by atoms with Crippen molar-refractivity contribution in [3.63, 3.8) is 0 Å². The first-order valence-corrected chi connectivity index (χ1v) is 5.16. The number of nitrogens with one attached hydrogen (secondary N) is 1. The number of hydrogen-bond acceptors (Lipinski definition) is 4. The summed E-state index contributed by atoms with van der Waals surface area (Å²) < 4.78 is 4.60. The fraction of sp³-hybridized carbons (Fsp3) is 0.167. The Hall–Kier alpha value is -2.30. The molecule has 0 saturated carbocycles. The summed E-state index contributed by atoms with van der Waals surface area (Å²) in [6.45, 7) is 0. The molecule has 0 aliphatic heterocycles. The number of rotatable bonds is 3. The van der Waals surface area contributed by atoms with Crippen molar-refractivity contribution in [2.45, 2.75) is 6.42 Å². The SMILES string of the molecule is COC(=O)/C(Cc1c[nH]c2ccccc12)=N/N. The molecule has 0 unspecified atom stereocenters. The lowest BCUT2D eigenvalue weighted by Crippen LogP contribution is -2.20. The van der Waals surface area contributed by atoms with Crippen LogP contribution in [0.25, 0.3) is 10.9 Å². The maximum Gasteiger partial charge on any atom is 0.354 e. The molecule has 0 fully saturated rings. The van der Waals surface area contributed by atoms with Gasteiger partial charge in [-0.15, -0.1) is 0 Å². The Balaban J connectivity index is 2.32. The highest BCUT2D eigenvalue weighted by Crippen LogP contribution is 2.18. The van der Waals surface area contributed by atoms with Crippen LogP contribution < -0.4 is 5.84 Å².